The molecule has 2 aromatic carbocycles. The average Bonchev–Trinajstić information content (AvgIpc) is 2.98. The molecule has 0 unspecified atom stereocenters. The van der Waals surface area contributed by atoms with Crippen molar-refractivity contribution in [1.29, 1.82) is 0 Å². The van der Waals surface area contributed by atoms with Gasteiger partial charge in [0.25, 0.3) is 5.91 Å². The molecule has 0 atom stereocenters. The number of benzene rings is 2. The predicted molar refractivity (Wildman–Crippen MR) is 119 cm³/mol. The molecule has 2 aromatic rings. The van der Waals surface area contributed by atoms with Crippen molar-refractivity contribution in [3.63, 3.8) is 0 Å². The van der Waals surface area contributed by atoms with Crippen LogP contribution in [0.25, 0.3) is 4.85 Å². The normalized spacial score (nSPS) is 17.3. The maximum Gasteiger partial charge on any atom is 0.407 e. The van der Waals surface area contributed by atoms with Crippen molar-refractivity contribution in [3.8, 4) is 0 Å². The largest absolute Gasteiger partial charge is 0.481 e. The average molecular weight is 473 g/mol. The third-order valence-electron chi connectivity index (χ3n) is 6.08. The molecular weight excluding hydrogens is 455 g/mol. The van der Waals surface area contributed by atoms with Crippen molar-refractivity contribution in [3.05, 3.63) is 65.0 Å². The number of carboxylic acids is 1. The van der Waals surface area contributed by atoms with E-state index in [9.17, 15) is 22.8 Å². The first-order valence-electron chi connectivity index (χ1n) is 10.2. The Balaban J connectivity index is 1.71. The van der Waals surface area contributed by atoms with E-state index in [0.717, 1.165) is 29.0 Å². The number of carbonyl (C=O) groups is 2. The smallest absolute Gasteiger partial charge is 0.407 e. The van der Waals surface area contributed by atoms with Crippen molar-refractivity contribution in [2.24, 2.45) is 0 Å². The van der Waals surface area contributed by atoms with E-state index >= 15 is 0 Å². The minimum atomic E-state index is -4.75. The van der Waals surface area contributed by atoms with Crippen LogP contribution in [0.2, 0.25) is 0 Å². The Kier molecular flexibility index (Phi) is 5.62. The van der Waals surface area contributed by atoms with Gasteiger partial charge >= 0.3 is 12.1 Å². The van der Waals surface area contributed by atoms with Gasteiger partial charge in [-0.05, 0) is 67.7 Å². The first-order chi connectivity index (χ1) is 15.6. The lowest BCUT2D eigenvalue weighted by Gasteiger charge is -2.43. The minimum Gasteiger partial charge on any atom is -0.481 e. The molecule has 170 valence electrons. The quantitative estimate of drug-likeness (QED) is 0.470. The summed E-state index contributed by atoms with van der Waals surface area (Å²) in [5.41, 5.74) is -1.23. The Morgan fingerprint density at radius 3 is 2.30 bits per heavy atom. The fourth-order valence-corrected chi connectivity index (χ4v) is 4.73. The lowest BCUT2D eigenvalue weighted by atomic mass is 9.75. The van der Waals surface area contributed by atoms with Crippen LogP contribution < -0.4 is 9.80 Å². The first kappa shape index (κ1) is 22.7. The second-order valence-corrected chi connectivity index (χ2v) is 8.38. The molecule has 1 N–H and O–H groups in total. The molecule has 1 aliphatic carbocycles. The summed E-state index contributed by atoms with van der Waals surface area (Å²) in [4.78, 5) is 30.0. The Morgan fingerprint density at radius 1 is 1.15 bits per heavy atom. The predicted octanol–water partition coefficient (Wildman–Crippen LogP) is 5.33. The fourth-order valence-electron chi connectivity index (χ4n) is 4.26. The number of halogens is 3. The molecule has 1 amide bonds. The van der Waals surface area contributed by atoms with Gasteiger partial charge in [0, 0.05) is 17.8 Å². The second-order valence-electron chi connectivity index (χ2n) is 8.01. The van der Waals surface area contributed by atoms with E-state index in [0.29, 0.717) is 24.9 Å². The van der Waals surface area contributed by atoms with Crippen LogP contribution in [0, 0.1) is 6.57 Å². The van der Waals surface area contributed by atoms with Crippen molar-refractivity contribution < 1.29 is 27.9 Å². The van der Waals surface area contributed by atoms with Crippen LogP contribution in [0.4, 0.5) is 30.2 Å². The number of thiocarbonyl (C=S) groups is 1. The number of alkyl halides is 3. The highest BCUT2D eigenvalue weighted by Crippen LogP contribution is 2.48. The lowest BCUT2D eigenvalue weighted by Crippen LogP contribution is -2.55. The topological polar surface area (TPSA) is 65.2 Å². The fraction of sp³-hybridized carbons (Fsp3) is 0.304. The van der Waals surface area contributed by atoms with Crippen molar-refractivity contribution in [2.45, 2.75) is 43.8 Å². The summed E-state index contributed by atoms with van der Waals surface area (Å²) in [6.07, 6.45) is -2.62. The molecule has 2 aliphatic rings. The van der Waals surface area contributed by atoms with Gasteiger partial charge in [0.2, 0.25) is 0 Å². The molecule has 0 bridgehead atoms. The molecule has 1 heterocycles. The Morgan fingerprint density at radius 2 is 1.79 bits per heavy atom. The van der Waals surface area contributed by atoms with Gasteiger partial charge in [-0.2, -0.15) is 13.2 Å². The number of nitrogens with zero attached hydrogens (tertiary/aromatic N) is 3. The van der Waals surface area contributed by atoms with Gasteiger partial charge in [0.05, 0.1) is 12.1 Å². The maximum absolute atomic E-state index is 13.5. The molecule has 6 nitrogen and oxygen atoms in total. The summed E-state index contributed by atoms with van der Waals surface area (Å²) in [6, 6.07) is 10.1. The number of carbonyl (C=O) groups excluding carboxylic acids is 1. The molecule has 1 saturated heterocycles. The molecule has 2 fully saturated rings. The molecule has 0 aromatic heterocycles. The highest BCUT2D eigenvalue weighted by atomic mass is 32.1. The van der Waals surface area contributed by atoms with E-state index < -0.39 is 34.8 Å². The van der Waals surface area contributed by atoms with Crippen LogP contribution >= 0.6 is 12.2 Å². The molecular formula is C23H18F3N3O3S. The van der Waals surface area contributed by atoms with Gasteiger partial charge in [0.15, 0.2) is 10.8 Å². The maximum atomic E-state index is 13.5. The van der Waals surface area contributed by atoms with Crippen molar-refractivity contribution in [1.82, 2.24) is 0 Å². The van der Waals surface area contributed by atoms with Crippen LogP contribution in [0.3, 0.4) is 0 Å². The van der Waals surface area contributed by atoms with Gasteiger partial charge in [-0.25, -0.2) is 4.85 Å². The van der Waals surface area contributed by atoms with Gasteiger partial charge in [-0.15, -0.1) is 0 Å². The van der Waals surface area contributed by atoms with E-state index in [1.807, 2.05) is 0 Å². The highest BCUT2D eigenvalue weighted by Gasteiger charge is 2.59. The van der Waals surface area contributed by atoms with E-state index in [2.05, 4.69) is 4.85 Å². The van der Waals surface area contributed by atoms with E-state index in [-0.39, 0.29) is 17.2 Å². The number of aryl methyl sites for hydroxylation is 1. The Hall–Kier alpha value is -3.45. The lowest BCUT2D eigenvalue weighted by molar-refractivity contribution is -0.137. The van der Waals surface area contributed by atoms with Crippen LogP contribution in [0.1, 0.15) is 36.8 Å². The number of rotatable bonds is 5. The highest BCUT2D eigenvalue weighted by molar-refractivity contribution is 7.81. The monoisotopic (exact) mass is 473 g/mol. The van der Waals surface area contributed by atoms with Crippen LogP contribution in [-0.4, -0.2) is 27.6 Å². The van der Waals surface area contributed by atoms with Gasteiger partial charge < -0.3 is 10.0 Å². The summed E-state index contributed by atoms with van der Waals surface area (Å²) >= 11 is 5.58. The zero-order valence-electron chi connectivity index (χ0n) is 17.2. The Bertz CT molecular complexity index is 1180. The summed E-state index contributed by atoms with van der Waals surface area (Å²) in [6.45, 7) is 7.02. The number of aliphatic carboxylic acids is 1. The molecule has 1 spiro atoms. The zero-order chi connectivity index (χ0) is 24.0. The third-order valence-corrected chi connectivity index (χ3v) is 6.44. The SMILES string of the molecule is [C-]#[N+]c1ccc(N2C(=O)C3(CCC3)N(c3ccc(CCC(=O)O)cc3)C2=S)cc1C(F)(F)F. The molecule has 1 saturated carbocycles. The van der Waals surface area contributed by atoms with E-state index in [1.165, 1.54) is 6.07 Å². The van der Waals surface area contributed by atoms with E-state index in [4.69, 9.17) is 23.9 Å². The number of amides is 1. The Labute approximate surface area is 193 Å². The minimum absolute atomic E-state index is 0.0141. The molecule has 10 heteroatoms. The molecule has 0 radical (unpaired) electrons. The standard InChI is InChI=1S/C23H18F3N3O3S/c1-27-18-9-8-16(13-17(18)23(24,25)26)28-20(32)22(11-2-12-22)29(21(28)33)15-6-3-14(4-7-15)5-10-19(30)31/h3-4,6-9,13H,2,5,10-12H2,(H,30,31). The number of hydrogen-bond donors (Lipinski definition) is 1. The molecule has 33 heavy (non-hydrogen) atoms. The summed E-state index contributed by atoms with van der Waals surface area (Å²) in [7, 11) is 0. The number of hydrogen-bond acceptors (Lipinski definition) is 3. The van der Waals surface area contributed by atoms with Crippen molar-refractivity contribution in [2.75, 3.05) is 9.80 Å². The second kappa shape index (κ2) is 8.15. The summed E-state index contributed by atoms with van der Waals surface area (Å²) < 4.78 is 40.5. The van der Waals surface area contributed by atoms with Gasteiger partial charge in [-0.1, -0.05) is 18.2 Å². The summed E-state index contributed by atoms with van der Waals surface area (Å²) in [5.74, 6) is -1.30. The first-order valence-corrected chi connectivity index (χ1v) is 10.6. The molecule has 4 rings (SSSR count). The van der Waals surface area contributed by atoms with Gasteiger partial charge in [-0.3, -0.25) is 14.5 Å². The molecule has 1 aliphatic heterocycles. The van der Waals surface area contributed by atoms with Crippen molar-refractivity contribution >= 4 is 46.3 Å². The van der Waals surface area contributed by atoms with Crippen LogP contribution in [-0.2, 0) is 22.2 Å². The van der Waals surface area contributed by atoms with Gasteiger partial charge in [0.1, 0.15) is 5.54 Å². The summed E-state index contributed by atoms with van der Waals surface area (Å²) in [5, 5.41) is 8.93. The van der Waals surface area contributed by atoms with Crippen LogP contribution in [0.5, 0.6) is 0 Å². The third kappa shape index (κ3) is 3.82. The zero-order valence-corrected chi connectivity index (χ0v) is 18.0. The van der Waals surface area contributed by atoms with Crippen LogP contribution in [0.15, 0.2) is 42.5 Å². The number of carboxylic acid groups (broad SMARTS) is 1. The van der Waals surface area contributed by atoms with E-state index in [1.54, 1.807) is 29.2 Å². The number of anilines is 2.